The molecule has 10 heteroatoms. The maximum Gasteiger partial charge on any atom is 0.268 e. The molecule has 1 unspecified atom stereocenters. The standard InChI is InChI=1S/C37H37ClN2O6S/c1-37(2,3)29-14-12-26(13-15-29)33(22-25-8-10-27(11-9-25)36(41)39-20-21-47(42,43)44-4)34-24-35(46-40-34)28-6-5-7-32(23-28)45-31-18-16-30(38)17-19-31/h5-19,23-24,33H,20-22H2,1-4H3,(H,39,41). The number of aromatic nitrogens is 1. The van der Waals surface area contributed by atoms with Gasteiger partial charge in [0.1, 0.15) is 11.5 Å². The number of benzene rings is 4. The molecule has 0 aliphatic heterocycles. The number of rotatable bonds is 12. The van der Waals surface area contributed by atoms with Gasteiger partial charge in [-0.2, -0.15) is 8.42 Å². The van der Waals surface area contributed by atoms with Gasteiger partial charge in [0.25, 0.3) is 16.0 Å². The summed E-state index contributed by atoms with van der Waals surface area (Å²) in [6, 6.07) is 32.6. The molecular weight excluding hydrogens is 636 g/mol. The predicted octanol–water partition coefficient (Wildman–Crippen LogP) is 8.17. The molecule has 4 aromatic carbocycles. The van der Waals surface area contributed by atoms with Crippen LogP contribution in [0, 0.1) is 0 Å². The largest absolute Gasteiger partial charge is 0.457 e. The van der Waals surface area contributed by atoms with Crippen molar-refractivity contribution in [1.82, 2.24) is 10.5 Å². The molecular formula is C37H37ClN2O6S. The average molecular weight is 673 g/mol. The third kappa shape index (κ3) is 9.10. The Labute approximate surface area is 280 Å². The Balaban J connectivity index is 1.37. The highest BCUT2D eigenvalue weighted by Gasteiger charge is 2.22. The highest BCUT2D eigenvalue weighted by molar-refractivity contribution is 7.86. The molecule has 0 saturated heterocycles. The van der Waals surface area contributed by atoms with Crippen molar-refractivity contribution in [2.75, 3.05) is 19.4 Å². The van der Waals surface area contributed by atoms with Gasteiger partial charge < -0.3 is 14.6 Å². The Morgan fingerprint density at radius 2 is 1.62 bits per heavy atom. The fourth-order valence-corrected chi connectivity index (χ4v) is 5.70. The highest BCUT2D eigenvalue weighted by Crippen LogP contribution is 2.34. The fourth-order valence-electron chi connectivity index (χ4n) is 5.05. The van der Waals surface area contributed by atoms with E-state index >= 15 is 0 Å². The Morgan fingerprint density at radius 3 is 2.28 bits per heavy atom. The summed E-state index contributed by atoms with van der Waals surface area (Å²) in [5.41, 5.74) is 5.35. The topological polar surface area (TPSA) is 108 Å². The molecule has 1 heterocycles. The molecule has 1 atom stereocenters. The monoisotopic (exact) mass is 672 g/mol. The molecule has 8 nitrogen and oxygen atoms in total. The smallest absolute Gasteiger partial charge is 0.268 e. The fraction of sp³-hybridized carbons (Fsp3) is 0.243. The van der Waals surface area contributed by atoms with Crippen molar-refractivity contribution in [3.63, 3.8) is 0 Å². The zero-order valence-electron chi connectivity index (χ0n) is 26.7. The van der Waals surface area contributed by atoms with Gasteiger partial charge in [0.15, 0.2) is 5.76 Å². The van der Waals surface area contributed by atoms with Gasteiger partial charge in [0.05, 0.1) is 18.6 Å². The van der Waals surface area contributed by atoms with Crippen LogP contribution in [0.3, 0.4) is 0 Å². The van der Waals surface area contributed by atoms with Crippen LogP contribution in [-0.2, 0) is 26.1 Å². The lowest BCUT2D eigenvalue weighted by molar-refractivity contribution is 0.0956. The number of hydrogen-bond acceptors (Lipinski definition) is 7. The van der Waals surface area contributed by atoms with Gasteiger partial charge in [-0.3, -0.25) is 8.98 Å². The number of hydrogen-bond donors (Lipinski definition) is 1. The molecule has 47 heavy (non-hydrogen) atoms. The molecule has 5 aromatic rings. The molecule has 0 aliphatic carbocycles. The van der Waals surface area contributed by atoms with Crippen LogP contribution in [0.15, 0.2) is 108 Å². The summed E-state index contributed by atoms with van der Waals surface area (Å²) in [5.74, 6) is 1.14. The first-order valence-corrected chi connectivity index (χ1v) is 17.1. The molecule has 0 fully saturated rings. The zero-order valence-corrected chi connectivity index (χ0v) is 28.3. The van der Waals surface area contributed by atoms with E-state index in [-0.39, 0.29) is 29.5 Å². The molecule has 1 amide bonds. The molecule has 0 bridgehead atoms. The first-order chi connectivity index (χ1) is 22.4. The van der Waals surface area contributed by atoms with Crippen molar-refractivity contribution in [3.8, 4) is 22.8 Å². The molecule has 0 aliphatic rings. The molecule has 5 rings (SSSR count). The number of carbonyl (C=O) groups excluding carboxylic acids is 1. The minimum Gasteiger partial charge on any atom is -0.457 e. The van der Waals surface area contributed by atoms with E-state index in [1.807, 2.05) is 54.6 Å². The van der Waals surface area contributed by atoms with E-state index in [1.165, 1.54) is 5.56 Å². The van der Waals surface area contributed by atoms with Crippen LogP contribution < -0.4 is 10.1 Å². The van der Waals surface area contributed by atoms with Crippen molar-refractivity contribution < 1.29 is 26.7 Å². The van der Waals surface area contributed by atoms with E-state index in [1.54, 1.807) is 24.3 Å². The van der Waals surface area contributed by atoms with Crippen LogP contribution in [-0.4, -0.2) is 38.9 Å². The molecule has 0 saturated carbocycles. The average Bonchev–Trinajstić information content (AvgIpc) is 3.55. The van der Waals surface area contributed by atoms with Gasteiger partial charge in [0.2, 0.25) is 0 Å². The van der Waals surface area contributed by atoms with Crippen molar-refractivity contribution in [2.45, 2.75) is 38.5 Å². The van der Waals surface area contributed by atoms with E-state index in [0.717, 1.165) is 29.5 Å². The van der Waals surface area contributed by atoms with Gasteiger partial charge in [-0.15, -0.1) is 0 Å². The normalized spacial score (nSPS) is 12.4. The van der Waals surface area contributed by atoms with Gasteiger partial charge in [0, 0.05) is 34.7 Å². The Morgan fingerprint density at radius 1 is 0.915 bits per heavy atom. The first kappa shape index (κ1) is 33.9. The van der Waals surface area contributed by atoms with E-state index in [0.29, 0.717) is 34.3 Å². The zero-order chi connectivity index (χ0) is 33.6. The number of nitrogens with one attached hydrogen (secondary N) is 1. The van der Waals surface area contributed by atoms with Crippen LogP contribution >= 0.6 is 11.6 Å². The number of nitrogens with zero attached hydrogens (tertiary/aromatic N) is 1. The lowest BCUT2D eigenvalue weighted by atomic mass is 9.83. The van der Waals surface area contributed by atoms with Gasteiger partial charge in [-0.1, -0.05) is 86.1 Å². The Hall–Kier alpha value is -4.44. The molecule has 1 N–H and O–H groups in total. The van der Waals surface area contributed by atoms with Gasteiger partial charge in [-0.05, 0) is 77.1 Å². The lowest BCUT2D eigenvalue weighted by Gasteiger charge is -2.21. The second kappa shape index (κ2) is 14.5. The second-order valence-corrected chi connectivity index (χ2v) is 14.5. The summed E-state index contributed by atoms with van der Waals surface area (Å²) in [6.45, 7) is 6.50. The Kier molecular flexibility index (Phi) is 10.5. The summed E-state index contributed by atoms with van der Waals surface area (Å²) in [5, 5.41) is 7.77. The third-order valence-corrected chi connectivity index (χ3v) is 9.24. The quantitative estimate of drug-likeness (QED) is 0.133. The molecule has 244 valence electrons. The van der Waals surface area contributed by atoms with Crippen LogP contribution in [0.2, 0.25) is 5.02 Å². The summed E-state index contributed by atoms with van der Waals surface area (Å²) in [7, 11) is -2.56. The first-order valence-electron chi connectivity index (χ1n) is 15.2. The van der Waals surface area contributed by atoms with E-state index < -0.39 is 10.1 Å². The molecule has 0 radical (unpaired) electrons. The van der Waals surface area contributed by atoms with Crippen LogP contribution in [0.1, 0.15) is 59.4 Å². The second-order valence-electron chi connectivity index (χ2n) is 12.2. The van der Waals surface area contributed by atoms with E-state index in [4.69, 9.17) is 20.9 Å². The number of amides is 1. The third-order valence-electron chi connectivity index (χ3n) is 7.78. The summed E-state index contributed by atoms with van der Waals surface area (Å²) in [6.07, 6.45) is 0.606. The number of carbonyl (C=O) groups is 1. The number of ether oxygens (including phenoxy) is 1. The SMILES string of the molecule is COS(=O)(=O)CCNC(=O)c1ccc(CC(c2ccc(C(C)(C)C)cc2)c2cc(-c3cccc(Oc4ccc(Cl)cc4)c3)on2)cc1. The van der Waals surface area contributed by atoms with Crippen molar-refractivity contribution in [3.05, 3.63) is 136 Å². The predicted molar refractivity (Wildman–Crippen MR) is 184 cm³/mol. The number of halogens is 1. The minimum atomic E-state index is -3.65. The van der Waals surface area contributed by atoms with Crippen LogP contribution in [0.5, 0.6) is 11.5 Å². The lowest BCUT2D eigenvalue weighted by Crippen LogP contribution is -2.29. The summed E-state index contributed by atoms with van der Waals surface area (Å²) in [4.78, 5) is 12.6. The van der Waals surface area contributed by atoms with Crippen LogP contribution in [0.25, 0.3) is 11.3 Å². The van der Waals surface area contributed by atoms with Gasteiger partial charge in [-0.25, -0.2) is 0 Å². The van der Waals surface area contributed by atoms with E-state index in [9.17, 15) is 13.2 Å². The van der Waals surface area contributed by atoms with Crippen molar-refractivity contribution >= 4 is 27.6 Å². The maximum atomic E-state index is 12.6. The minimum absolute atomic E-state index is 0.0122. The van der Waals surface area contributed by atoms with Gasteiger partial charge >= 0.3 is 0 Å². The Bertz CT molecular complexity index is 1910. The molecule has 0 spiro atoms. The van der Waals surface area contributed by atoms with Crippen molar-refractivity contribution in [2.24, 2.45) is 0 Å². The highest BCUT2D eigenvalue weighted by atomic mass is 35.5. The van der Waals surface area contributed by atoms with Crippen LogP contribution in [0.4, 0.5) is 0 Å². The van der Waals surface area contributed by atoms with Crippen molar-refractivity contribution in [1.29, 1.82) is 0 Å². The van der Waals surface area contributed by atoms with E-state index in [2.05, 4.69) is 59.7 Å². The maximum absolute atomic E-state index is 12.6. The summed E-state index contributed by atoms with van der Waals surface area (Å²) < 4.78 is 39.4. The summed E-state index contributed by atoms with van der Waals surface area (Å²) >= 11 is 6.01. The molecule has 1 aromatic heterocycles.